The Morgan fingerprint density at radius 1 is 1.42 bits per heavy atom. The molecule has 5 nitrogen and oxygen atoms in total. The highest BCUT2D eigenvalue weighted by Crippen LogP contribution is 2.44. The van der Waals surface area contributed by atoms with E-state index in [1.807, 2.05) is 44.3 Å². The summed E-state index contributed by atoms with van der Waals surface area (Å²) in [6, 6.07) is 6.06. The lowest BCUT2D eigenvalue weighted by Crippen LogP contribution is -2.46. The molecule has 1 aromatic carbocycles. The molecule has 0 aliphatic carbocycles. The van der Waals surface area contributed by atoms with Gasteiger partial charge in [-0.25, -0.2) is 10.8 Å². The van der Waals surface area contributed by atoms with E-state index in [9.17, 15) is 4.79 Å². The number of hydrazine groups is 1. The molecular weight excluding hydrogens is 324 g/mol. The summed E-state index contributed by atoms with van der Waals surface area (Å²) >= 11 is 0. The van der Waals surface area contributed by atoms with Crippen molar-refractivity contribution in [2.75, 3.05) is 6.54 Å². The highest BCUT2D eigenvalue weighted by molar-refractivity contribution is 6.21. The number of Topliss-reactive ketones (excluding diaryl/α,β-unsaturated/α-hetero) is 1. The summed E-state index contributed by atoms with van der Waals surface area (Å²) in [6.07, 6.45) is 9.20. The molecule has 3 aliphatic rings. The molecule has 0 spiro atoms. The maximum absolute atomic E-state index is 13.2. The fourth-order valence-electron chi connectivity index (χ4n) is 4.12. The van der Waals surface area contributed by atoms with Crippen LogP contribution in [0.1, 0.15) is 35.7 Å². The average Bonchev–Trinajstić information content (AvgIpc) is 2.96. The Labute approximate surface area is 154 Å². The third-order valence-corrected chi connectivity index (χ3v) is 5.67. The Bertz CT molecular complexity index is 882. The van der Waals surface area contributed by atoms with Crippen LogP contribution in [-0.4, -0.2) is 34.1 Å². The molecule has 0 aromatic heterocycles. The summed E-state index contributed by atoms with van der Waals surface area (Å²) in [6.45, 7) is 8.62. The van der Waals surface area contributed by atoms with Gasteiger partial charge in [-0.05, 0) is 44.6 Å². The van der Waals surface area contributed by atoms with Crippen LogP contribution in [0.25, 0.3) is 0 Å². The van der Waals surface area contributed by atoms with Gasteiger partial charge in [0.15, 0.2) is 5.78 Å². The minimum Gasteiger partial charge on any atom is -0.352 e. The highest BCUT2D eigenvalue weighted by atomic mass is 16.1. The molecule has 3 heterocycles. The minimum absolute atomic E-state index is 0.140. The van der Waals surface area contributed by atoms with Crippen molar-refractivity contribution in [2.24, 2.45) is 16.3 Å². The Morgan fingerprint density at radius 2 is 2.23 bits per heavy atom. The molecule has 1 unspecified atom stereocenters. The van der Waals surface area contributed by atoms with Crippen molar-refractivity contribution < 1.29 is 4.79 Å². The van der Waals surface area contributed by atoms with Crippen LogP contribution in [0.4, 0.5) is 5.69 Å². The number of aliphatic imine (C=N–C) groups is 1. The zero-order valence-corrected chi connectivity index (χ0v) is 15.3. The lowest BCUT2D eigenvalue weighted by Gasteiger charge is -2.37. The standard InChI is InChI=1S/C21H24N4O/c1-4-5-16-13-15(8-10-25(16)22)24-11-9-21(3)19(26)17-12-14(2)6-7-18(17)23-20(21)24/h4-8,10,12,15H,1,9,11,13,22H2,2-3H3/b16-5-/t15?,21-/m0/s1. The van der Waals surface area contributed by atoms with E-state index < -0.39 is 5.41 Å². The van der Waals surface area contributed by atoms with Crippen molar-refractivity contribution in [2.45, 2.75) is 32.7 Å². The van der Waals surface area contributed by atoms with Gasteiger partial charge in [0.2, 0.25) is 0 Å². The van der Waals surface area contributed by atoms with Crippen molar-refractivity contribution >= 4 is 17.3 Å². The number of aryl methyl sites for hydroxylation is 1. The molecule has 26 heavy (non-hydrogen) atoms. The number of ketones is 1. The largest absolute Gasteiger partial charge is 0.352 e. The molecule has 3 aliphatic heterocycles. The first kappa shape index (κ1) is 16.8. The summed E-state index contributed by atoms with van der Waals surface area (Å²) in [5, 5.41) is 1.62. The maximum Gasteiger partial charge on any atom is 0.178 e. The molecular formula is C21H24N4O. The van der Waals surface area contributed by atoms with Crippen LogP contribution in [-0.2, 0) is 0 Å². The van der Waals surface area contributed by atoms with Gasteiger partial charge >= 0.3 is 0 Å². The number of amidine groups is 1. The van der Waals surface area contributed by atoms with Gasteiger partial charge in [-0.15, -0.1) is 0 Å². The number of carbonyl (C=O) groups excluding carboxylic acids is 1. The minimum atomic E-state index is -0.545. The van der Waals surface area contributed by atoms with E-state index >= 15 is 0 Å². The van der Waals surface area contributed by atoms with Crippen LogP contribution in [0.15, 0.2) is 59.9 Å². The number of nitrogens with two attached hydrogens (primary N) is 1. The van der Waals surface area contributed by atoms with Gasteiger partial charge in [-0.1, -0.05) is 24.3 Å². The number of nitrogens with zero attached hydrogens (tertiary/aromatic N) is 3. The Hall–Kier alpha value is -2.66. The first-order valence-corrected chi connectivity index (χ1v) is 8.99. The summed E-state index contributed by atoms with van der Waals surface area (Å²) in [7, 11) is 0. The second-order valence-electron chi connectivity index (χ2n) is 7.47. The Balaban J connectivity index is 1.74. The Morgan fingerprint density at radius 3 is 3.00 bits per heavy atom. The third-order valence-electron chi connectivity index (χ3n) is 5.67. The second kappa shape index (κ2) is 5.95. The predicted octanol–water partition coefficient (Wildman–Crippen LogP) is 3.46. The normalized spacial score (nSPS) is 28.9. The smallest absolute Gasteiger partial charge is 0.178 e. The van der Waals surface area contributed by atoms with Crippen LogP contribution in [0.5, 0.6) is 0 Å². The molecule has 1 saturated heterocycles. The van der Waals surface area contributed by atoms with E-state index in [-0.39, 0.29) is 11.8 Å². The second-order valence-corrected chi connectivity index (χ2v) is 7.47. The van der Waals surface area contributed by atoms with Gasteiger partial charge in [0.25, 0.3) is 0 Å². The van der Waals surface area contributed by atoms with Crippen molar-refractivity contribution in [3.8, 4) is 0 Å². The molecule has 5 heteroatoms. The van der Waals surface area contributed by atoms with Gasteiger partial charge in [0, 0.05) is 30.4 Å². The zero-order chi connectivity index (χ0) is 18.5. The molecule has 134 valence electrons. The topological polar surface area (TPSA) is 61.9 Å². The number of rotatable bonds is 2. The van der Waals surface area contributed by atoms with Gasteiger partial charge in [-0.2, -0.15) is 0 Å². The van der Waals surface area contributed by atoms with E-state index in [1.165, 1.54) is 0 Å². The van der Waals surface area contributed by atoms with Crippen LogP contribution >= 0.6 is 0 Å². The van der Waals surface area contributed by atoms with E-state index in [2.05, 4.69) is 17.6 Å². The van der Waals surface area contributed by atoms with Crippen molar-refractivity contribution in [1.29, 1.82) is 0 Å². The lowest BCUT2D eigenvalue weighted by atomic mass is 9.77. The summed E-state index contributed by atoms with van der Waals surface area (Å²) in [5.74, 6) is 7.08. The molecule has 1 aromatic rings. The molecule has 2 atom stereocenters. The first-order chi connectivity index (χ1) is 12.4. The van der Waals surface area contributed by atoms with E-state index in [4.69, 9.17) is 10.8 Å². The van der Waals surface area contributed by atoms with Crippen molar-refractivity contribution in [3.63, 3.8) is 0 Å². The quantitative estimate of drug-likeness (QED) is 0.832. The fraction of sp³-hybridized carbons (Fsp3) is 0.333. The molecule has 4 rings (SSSR count). The van der Waals surface area contributed by atoms with Crippen LogP contribution < -0.4 is 5.84 Å². The highest BCUT2D eigenvalue weighted by Gasteiger charge is 2.50. The monoisotopic (exact) mass is 348 g/mol. The number of fused-ring (bicyclic) bond motifs is 2. The average molecular weight is 348 g/mol. The van der Waals surface area contributed by atoms with Gasteiger partial charge in [0.1, 0.15) is 5.84 Å². The zero-order valence-electron chi connectivity index (χ0n) is 15.3. The van der Waals surface area contributed by atoms with Gasteiger partial charge < -0.3 is 4.90 Å². The SMILES string of the molecule is C=C/C=C1/CC(N2CC[C@@]3(C)C(=O)c4cc(C)ccc4N=C23)C=CN1N. The van der Waals surface area contributed by atoms with E-state index in [0.717, 1.165) is 47.7 Å². The molecule has 0 saturated carbocycles. The van der Waals surface area contributed by atoms with E-state index in [1.54, 1.807) is 11.1 Å². The Kier molecular flexibility index (Phi) is 3.84. The lowest BCUT2D eigenvalue weighted by molar-refractivity contribution is 0.0887. The third kappa shape index (κ3) is 2.42. The van der Waals surface area contributed by atoms with Gasteiger partial charge in [-0.3, -0.25) is 9.80 Å². The number of likely N-dealkylation sites (tertiary alicyclic amines) is 1. The van der Waals surface area contributed by atoms with Crippen LogP contribution in [0, 0.1) is 12.3 Å². The molecule has 0 radical (unpaired) electrons. The molecule has 1 fully saturated rings. The van der Waals surface area contributed by atoms with Crippen LogP contribution in [0.2, 0.25) is 0 Å². The van der Waals surface area contributed by atoms with Crippen molar-refractivity contribution in [1.82, 2.24) is 9.91 Å². The summed E-state index contributed by atoms with van der Waals surface area (Å²) < 4.78 is 0. The van der Waals surface area contributed by atoms with Crippen molar-refractivity contribution in [3.05, 3.63) is 66.0 Å². The van der Waals surface area contributed by atoms with Crippen LogP contribution in [0.3, 0.4) is 0 Å². The summed E-state index contributed by atoms with van der Waals surface area (Å²) in [4.78, 5) is 20.4. The maximum atomic E-state index is 13.2. The van der Waals surface area contributed by atoms with E-state index in [0.29, 0.717) is 0 Å². The first-order valence-electron chi connectivity index (χ1n) is 8.99. The number of carbonyl (C=O) groups is 1. The summed E-state index contributed by atoms with van der Waals surface area (Å²) in [5.41, 5.74) is 3.07. The number of benzene rings is 1. The number of allylic oxidation sites excluding steroid dienone is 2. The molecule has 0 bridgehead atoms. The molecule has 0 amide bonds. The number of hydrogen-bond donors (Lipinski definition) is 1. The predicted molar refractivity (Wildman–Crippen MR) is 104 cm³/mol. The number of hydrogen-bond acceptors (Lipinski definition) is 5. The van der Waals surface area contributed by atoms with Gasteiger partial charge in [0.05, 0.1) is 17.1 Å². The fourth-order valence-corrected chi connectivity index (χ4v) is 4.12. The molecule has 2 N–H and O–H groups in total.